The second-order valence-electron chi connectivity index (χ2n) is 3.45. The second kappa shape index (κ2) is 6.70. The molecule has 0 aliphatic heterocycles. The molecule has 0 bridgehead atoms. The smallest absolute Gasteiger partial charge is 0.0722 e. The minimum absolute atomic E-state index is 0.163. The summed E-state index contributed by atoms with van der Waals surface area (Å²) in [5, 5.41) is 4.43. The molecule has 0 aliphatic rings. The zero-order valence-corrected chi connectivity index (χ0v) is 12.3. The van der Waals surface area contributed by atoms with Crippen LogP contribution in [0.5, 0.6) is 0 Å². The van der Waals surface area contributed by atoms with Crippen LogP contribution in [0.25, 0.3) is 0 Å². The van der Waals surface area contributed by atoms with Gasteiger partial charge in [0.1, 0.15) is 0 Å². The van der Waals surface area contributed by atoms with E-state index in [0.717, 1.165) is 10.2 Å². The Hall–Kier alpha value is 0.0400. The molecular formula is C11H14BrCl2NO. The summed E-state index contributed by atoms with van der Waals surface area (Å²) in [5.74, 6) is 0. The van der Waals surface area contributed by atoms with Crippen molar-refractivity contribution in [2.45, 2.75) is 19.9 Å². The van der Waals surface area contributed by atoms with E-state index in [4.69, 9.17) is 27.9 Å². The van der Waals surface area contributed by atoms with Crippen molar-refractivity contribution in [3.8, 4) is 0 Å². The molecule has 0 fully saturated rings. The van der Waals surface area contributed by atoms with Gasteiger partial charge >= 0.3 is 0 Å². The summed E-state index contributed by atoms with van der Waals surface area (Å²) in [6.07, 6.45) is 0. The van der Waals surface area contributed by atoms with E-state index in [9.17, 15) is 0 Å². The molecular weight excluding hydrogens is 313 g/mol. The van der Waals surface area contributed by atoms with Crippen LogP contribution in [0.1, 0.15) is 13.8 Å². The van der Waals surface area contributed by atoms with Crippen molar-refractivity contribution in [1.82, 2.24) is 0 Å². The first-order valence-electron chi connectivity index (χ1n) is 5.03. The molecule has 5 heteroatoms. The van der Waals surface area contributed by atoms with Crippen molar-refractivity contribution in [3.63, 3.8) is 0 Å². The molecule has 0 amide bonds. The number of nitrogens with one attached hydrogen (secondary N) is 1. The van der Waals surface area contributed by atoms with E-state index in [0.29, 0.717) is 23.3 Å². The molecule has 0 spiro atoms. The number of anilines is 1. The van der Waals surface area contributed by atoms with Crippen LogP contribution in [-0.4, -0.2) is 19.3 Å². The first-order valence-corrected chi connectivity index (χ1v) is 6.58. The number of hydrogen-bond acceptors (Lipinski definition) is 2. The maximum atomic E-state index is 6.10. The van der Waals surface area contributed by atoms with Crippen molar-refractivity contribution >= 4 is 44.8 Å². The summed E-state index contributed by atoms with van der Waals surface area (Å²) < 4.78 is 6.18. The van der Waals surface area contributed by atoms with E-state index in [2.05, 4.69) is 21.2 Å². The molecule has 1 rings (SSSR count). The number of halogens is 3. The summed E-state index contributed by atoms with van der Waals surface area (Å²) >= 11 is 15.5. The first-order chi connectivity index (χ1) is 7.54. The van der Waals surface area contributed by atoms with E-state index in [-0.39, 0.29) is 6.04 Å². The molecule has 0 heterocycles. The Morgan fingerprint density at radius 2 is 1.94 bits per heavy atom. The van der Waals surface area contributed by atoms with Crippen molar-refractivity contribution in [3.05, 3.63) is 26.7 Å². The summed E-state index contributed by atoms with van der Waals surface area (Å²) in [5.41, 5.74) is 0.749. The predicted molar refractivity (Wildman–Crippen MR) is 73.7 cm³/mol. The topological polar surface area (TPSA) is 21.3 Å². The molecule has 0 saturated heterocycles. The SMILES string of the molecule is CCOCC(C)Nc1c(Cl)cc(Br)cc1Cl. The largest absolute Gasteiger partial charge is 0.380 e. The highest BCUT2D eigenvalue weighted by Gasteiger charge is 2.10. The van der Waals surface area contributed by atoms with E-state index < -0.39 is 0 Å². The Kier molecular flexibility index (Phi) is 5.90. The third-order valence-electron chi connectivity index (χ3n) is 1.97. The third kappa shape index (κ3) is 4.13. The minimum Gasteiger partial charge on any atom is -0.380 e. The summed E-state index contributed by atoms with van der Waals surface area (Å²) in [4.78, 5) is 0. The highest BCUT2D eigenvalue weighted by molar-refractivity contribution is 9.10. The van der Waals surface area contributed by atoms with Crippen LogP contribution < -0.4 is 5.32 Å². The molecule has 0 aromatic heterocycles. The molecule has 2 nitrogen and oxygen atoms in total. The van der Waals surface area contributed by atoms with Crippen LogP contribution in [-0.2, 0) is 4.74 Å². The fourth-order valence-corrected chi connectivity index (χ4v) is 2.58. The van der Waals surface area contributed by atoms with Gasteiger partial charge in [-0.3, -0.25) is 0 Å². The first kappa shape index (κ1) is 14.1. The summed E-state index contributed by atoms with van der Waals surface area (Å²) in [6, 6.07) is 3.78. The lowest BCUT2D eigenvalue weighted by atomic mass is 10.2. The zero-order valence-electron chi connectivity index (χ0n) is 9.19. The molecule has 1 atom stereocenters. The lowest BCUT2D eigenvalue weighted by molar-refractivity contribution is 0.141. The Morgan fingerprint density at radius 1 is 1.38 bits per heavy atom. The summed E-state index contributed by atoms with van der Waals surface area (Å²) in [6.45, 7) is 5.31. The molecule has 1 aromatic rings. The highest BCUT2D eigenvalue weighted by Crippen LogP contribution is 2.34. The van der Waals surface area contributed by atoms with Gasteiger partial charge in [0.2, 0.25) is 0 Å². The lowest BCUT2D eigenvalue weighted by Gasteiger charge is -2.17. The standard InChI is InChI=1S/C11H14BrCl2NO/c1-3-16-6-7(2)15-11-9(13)4-8(12)5-10(11)14/h4-5,7,15H,3,6H2,1-2H3. The van der Waals surface area contributed by atoms with Gasteiger partial charge in [0.25, 0.3) is 0 Å². The number of rotatable bonds is 5. The van der Waals surface area contributed by atoms with Crippen molar-refractivity contribution in [1.29, 1.82) is 0 Å². The quantitative estimate of drug-likeness (QED) is 0.854. The van der Waals surface area contributed by atoms with E-state index >= 15 is 0 Å². The predicted octanol–water partition coefficient (Wildman–Crippen LogP) is 4.59. The Bertz CT molecular complexity index is 337. The van der Waals surface area contributed by atoms with Crippen LogP contribution in [0.3, 0.4) is 0 Å². The van der Waals surface area contributed by atoms with Crippen molar-refractivity contribution < 1.29 is 4.74 Å². The van der Waals surface area contributed by atoms with Gasteiger partial charge in [-0.25, -0.2) is 0 Å². The van der Waals surface area contributed by atoms with Crippen LogP contribution in [0.15, 0.2) is 16.6 Å². The van der Waals surface area contributed by atoms with Gasteiger partial charge in [0, 0.05) is 17.1 Å². The molecule has 0 radical (unpaired) electrons. The average molecular weight is 327 g/mol. The van der Waals surface area contributed by atoms with Crippen LogP contribution in [0, 0.1) is 0 Å². The lowest BCUT2D eigenvalue weighted by Crippen LogP contribution is -2.22. The molecule has 1 aromatic carbocycles. The fourth-order valence-electron chi connectivity index (χ4n) is 1.26. The summed E-state index contributed by atoms with van der Waals surface area (Å²) in [7, 11) is 0. The maximum Gasteiger partial charge on any atom is 0.0722 e. The molecule has 1 unspecified atom stereocenters. The van der Waals surface area contributed by atoms with E-state index in [1.807, 2.05) is 26.0 Å². The minimum atomic E-state index is 0.163. The van der Waals surface area contributed by atoms with Gasteiger partial charge in [-0.15, -0.1) is 0 Å². The average Bonchev–Trinajstić information content (AvgIpc) is 2.20. The Morgan fingerprint density at radius 3 is 2.44 bits per heavy atom. The number of ether oxygens (including phenoxy) is 1. The van der Waals surface area contributed by atoms with Gasteiger partial charge in [0.05, 0.1) is 22.3 Å². The number of benzene rings is 1. The monoisotopic (exact) mass is 325 g/mol. The van der Waals surface area contributed by atoms with Gasteiger partial charge in [-0.05, 0) is 26.0 Å². The van der Waals surface area contributed by atoms with Crippen molar-refractivity contribution in [2.75, 3.05) is 18.5 Å². The fraction of sp³-hybridized carbons (Fsp3) is 0.455. The molecule has 1 N–H and O–H groups in total. The molecule has 90 valence electrons. The Labute approximate surface area is 114 Å². The van der Waals surface area contributed by atoms with Gasteiger partial charge < -0.3 is 10.1 Å². The van der Waals surface area contributed by atoms with E-state index in [1.165, 1.54) is 0 Å². The van der Waals surface area contributed by atoms with Gasteiger partial charge in [0.15, 0.2) is 0 Å². The molecule has 0 saturated carbocycles. The molecule has 0 aliphatic carbocycles. The Balaban J connectivity index is 2.73. The van der Waals surface area contributed by atoms with Gasteiger partial charge in [-0.2, -0.15) is 0 Å². The van der Waals surface area contributed by atoms with Crippen LogP contribution in [0.4, 0.5) is 5.69 Å². The van der Waals surface area contributed by atoms with Crippen LogP contribution >= 0.6 is 39.1 Å². The third-order valence-corrected chi connectivity index (χ3v) is 3.02. The second-order valence-corrected chi connectivity index (χ2v) is 5.18. The van der Waals surface area contributed by atoms with E-state index in [1.54, 1.807) is 0 Å². The maximum absolute atomic E-state index is 6.10. The van der Waals surface area contributed by atoms with Gasteiger partial charge in [-0.1, -0.05) is 39.1 Å². The van der Waals surface area contributed by atoms with Crippen molar-refractivity contribution in [2.24, 2.45) is 0 Å². The highest BCUT2D eigenvalue weighted by atomic mass is 79.9. The molecule has 16 heavy (non-hydrogen) atoms. The van der Waals surface area contributed by atoms with Crippen LogP contribution in [0.2, 0.25) is 10.0 Å². The number of hydrogen-bond donors (Lipinski definition) is 1. The normalized spacial score (nSPS) is 12.6. The zero-order chi connectivity index (χ0) is 12.1.